The largest absolute Gasteiger partial charge is 0.334 e. The molecule has 27 heavy (non-hydrogen) atoms. The summed E-state index contributed by atoms with van der Waals surface area (Å²) in [5.41, 5.74) is 6.28. The molecule has 3 aromatic carbocycles. The lowest BCUT2D eigenvalue weighted by molar-refractivity contribution is 0.429. The van der Waals surface area contributed by atoms with Crippen LogP contribution >= 0.6 is 15.9 Å². The third-order valence-corrected chi connectivity index (χ3v) is 4.38. The summed E-state index contributed by atoms with van der Waals surface area (Å²) in [6, 6.07) is 27.2. The first-order valence-electron chi connectivity index (χ1n) is 8.34. The minimum absolute atomic E-state index is 0.421. The third kappa shape index (κ3) is 4.12. The van der Waals surface area contributed by atoms with Gasteiger partial charge in [-0.2, -0.15) is 10.1 Å². The third-order valence-electron chi connectivity index (χ3n) is 3.85. The second-order valence-corrected chi connectivity index (χ2v) is 6.65. The quantitative estimate of drug-likeness (QED) is 0.349. The number of rotatable bonds is 5. The number of hydrogen-bond acceptors (Lipinski definition) is 5. The van der Waals surface area contributed by atoms with E-state index in [0.29, 0.717) is 17.4 Å². The van der Waals surface area contributed by atoms with Crippen molar-refractivity contribution >= 4 is 27.3 Å². The molecule has 0 fully saturated rings. The van der Waals surface area contributed by atoms with Crippen molar-refractivity contribution in [3.63, 3.8) is 0 Å². The van der Waals surface area contributed by atoms with Crippen molar-refractivity contribution in [2.75, 3.05) is 5.43 Å². The highest BCUT2D eigenvalue weighted by molar-refractivity contribution is 9.10. The molecule has 0 saturated carbocycles. The number of anilines is 1. The average Bonchev–Trinajstić information content (AvgIpc) is 3.21. The summed E-state index contributed by atoms with van der Waals surface area (Å²) < 4.78 is 6.45. The van der Waals surface area contributed by atoms with Crippen molar-refractivity contribution in [2.45, 2.75) is 0 Å². The molecule has 0 aliphatic heterocycles. The molecule has 6 heteroatoms. The van der Waals surface area contributed by atoms with E-state index in [4.69, 9.17) is 4.52 Å². The van der Waals surface area contributed by atoms with Crippen LogP contribution in [0.5, 0.6) is 0 Å². The van der Waals surface area contributed by atoms with Crippen LogP contribution in [0.1, 0.15) is 11.4 Å². The average molecular weight is 419 g/mol. The van der Waals surface area contributed by atoms with Gasteiger partial charge in [0.05, 0.1) is 5.69 Å². The van der Waals surface area contributed by atoms with E-state index in [0.717, 1.165) is 21.3 Å². The second-order valence-electron chi connectivity index (χ2n) is 5.73. The Morgan fingerprint density at radius 3 is 2.22 bits per heavy atom. The summed E-state index contributed by atoms with van der Waals surface area (Å²) in [5.74, 6) is 0.877. The number of aromatic nitrogens is 2. The number of halogens is 1. The first-order chi connectivity index (χ1) is 13.3. The Labute approximate surface area is 164 Å². The molecule has 0 atom stereocenters. The Balaban J connectivity index is 1.69. The van der Waals surface area contributed by atoms with Crippen molar-refractivity contribution in [2.24, 2.45) is 5.10 Å². The van der Waals surface area contributed by atoms with Gasteiger partial charge in [0.1, 0.15) is 5.71 Å². The number of hydrogen-bond donors (Lipinski definition) is 1. The van der Waals surface area contributed by atoms with Gasteiger partial charge in [0.2, 0.25) is 5.82 Å². The zero-order valence-electron chi connectivity index (χ0n) is 14.2. The zero-order chi connectivity index (χ0) is 18.5. The lowest BCUT2D eigenvalue weighted by Gasteiger charge is -2.05. The fraction of sp³-hybridized carbons (Fsp3) is 0. The fourth-order valence-electron chi connectivity index (χ4n) is 2.50. The van der Waals surface area contributed by atoms with Gasteiger partial charge in [-0.25, -0.2) is 0 Å². The summed E-state index contributed by atoms with van der Waals surface area (Å²) in [6.07, 6.45) is 0. The van der Waals surface area contributed by atoms with E-state index in [-0.39, 0.29) is 0 Å². The van der Waals surface area contributed by atoms with Crippen molar-refractivity contribution < 1.29 is 4.52 Å². The van der Waals surface area contributed by atoms with Crippen LogP contribution in [0.3, 0.4) is 0 Å². The minimum Gasteiger partial charge on any atom is -0.334 e. The van der Waals surface area contributed by atoms with Gasteiger partial charge < -0.3 is 4.52 Å². The summed E-state index contributed by atoms with van der Waals surface area (Å²) in [5, 5.41) is 8.67. The number of benzene rings is 3. The Bertz CT molecular complexity index is 1040. The summed E-state index contributed by atoms with van der Waals surface area (Å²) in [6.45, 7) is 0. The zero-order valence-corrected chi connectivity index (χ0v) is 15.8. The van der Waals surface area contributed by atoms with Crippen LogP contribution in [0.15, 0.2) is 99.0 Å². The second kappa shape index (κ2) is 7.97. The molecule has 4 aromatic rings. The normalized spacial score (nSPS) is 11.4. The molecule has 0 aliphatic rings. The molecule has 0 bridgehead atoms. The van der Waals surface area contributed by atoms with Crippen molar-refractivity contribution in [3.05, 3.63) is 101 Å². The fourth-order valence-corrected chi connectivity index (χ4v) is 2.77. The van der Waals surface area contributed by atoms with Crippen molar-refractivity contribution in [1.29, 1.82) is 0 Å². The molecule has 0 saturated heterocycles. The smallest absolute Gasteiger partial charge is 0.258 e. The van der Waals surface area contributed by atoms with E-state index in [1.54, 1.807) is 0 Å². The van der Waals surface area contributed by atoms with Crippen molar-refractivity contribution in [1.82, 2.24) is 10.1 Å². The lowest BCUT2D eigenvalue weighted by atomic mass is 10.1. The van der Waals surface area contributed by atoms with Gasteiger partial charge in [-0.3, -0.25) is 5.43 Å². The molecule has 5 nitrogen and oxygen atoms in total. The van der Waals surface area contributed by atoms with Crippen LogP contribution in [-0.2, 0) is 0 Å². The molecule has 1 aromatic heterocycles. The number of nitrogens with one attached hydrogen (secondary N) is 1. The molecule has 1 heterocycles. The first kappa shape index (κ1) is 17.2. The number of hydrazone groups is 1. The predicted molar refractivity (Wildman–Crippen MR) is 110 cm³/mol. The lowest BCUT2D eigenvalue weighted by Crippen LogP contribution is -2.08. The summed E-state index contributed by atoms with van der Waals surface area (Å²) in [4.78, 5) is 4.53. The molecular formula is C21H15BrN4O. The molecule has 0 amide bonds. The van der Waals surface area contributed by atoms with E-state index in [1.807, 2.05) is 84.9 Å². The van der Waals surface area contributed by atoms with Crippen LogP contribution in [0, 0.1) is 0 Å². The van der Waals surface area contributed by atoms with E-state index in [1.165, 1.54) is 0 Å². The number of nitrogens with zero attached hydrogens (tertiary/aromatic N) is 3. The van der Waals surface area contributed by atoms with Gasteiger partial charge in [-0.05, 0) is 36.4 Å². The topological polar surface area (TPSA) is 63.3 Å². The van der Waals surface area contributed by atoms with Crippen LogP contribution < -0.4 is 5.43 Å². The van der Waals surface area contributed by atoms with Gasteiger partial charge in [0.15, 0.2) is 0 Å². The van der Waals surface area contributed by atoms with E-state index in [2.05, 4.69) is 36.6 Å². The molecule has 1 N–H and O–H groups in total. The van der Waals surface area contributed by atoms with Gasteiger partial charge >= 0.3 is 0 Å². The molecule has 0 spiro atoms. The van der Waals surface area contributed by atoms with Crippen LogP contribution in [0.25, 0.3) is 11.5 Å². The van der Waals surface area contributed by atoms with Gasteiger partial charge in [-0.15, -0.1) is 0 Å². The molecule has 132 valence electrons. The van der Waals surface area contributed by atoms with Gasteiger partial charge in [0.25, 0.3) is 5.89 Å². The minimum atomic E-state index is 0.421. The molecule has 0 aliphatic carbocycles. The van der Waals surface area contributed by atoms with Crippen LogP contribution in [0.4, 0.5) is 5.69 Å². The summed E-state index contributed by atoms with van der Waals surface area (Å²) in [7, 11) is 0. The monoisotopic (exact) mass is 418 g/mol. The van der Waals surface area contributed by atoms with E-state index < -0.39 is 0 Å². The Morgan fingerprint density at radius 2 is 1.52 bits per heavy atom. The molecule has 0 radical (unpaired) electrons. The Morgan fingerprint density at radius 1 is 0.852 bits per heavy atom. The molecule has 0 unspecified atom stereocenters. The maximum atomic E-state index is 5.45. The van der Waals surface area contributed by atoms with Gasteiger partial charge in [-0.1, -0.05) is 69.6 Å². The van der Waals surface area contributed by atoms with Crippen LogP contribution in [-0.4, -0.2) is 15.9 Å². The standard InChI is InChI=1S/C21H15BrN4O/c22-17-11-13-18(14-12-17)24-25-19(15-7-3-1-4-8-15)20-23-21(27-26-20)16-9-5-2-6-10-16/h1-14,24H/b25-19-. The highest BCUT2D eigenvalue weighted by Gasteiger charge is 2.16. The van der Waals surface area contributed by atoms with E-state index in [9.17, 15) is 0 Å². The molecular weight excluding hydrogens is 404 g/mol. The predicted octanol–water partition coefficient (Wildman–Crippen LogP) is 5.36. The van der Waals surface area contributed by atoms with Gasteiger partial charge in [0, 0.05) is 15.6 Å². The highest BCUT2D eigenvalue weighted by atomic mass is 79.9. The highest BCUT2D eigenvalue weighted by Crippen LogP contribution is 2.19. The summed E-state index contributed by atoms with van der Waals surface area (Å²) >= 11 is 3.43. The first-order valence-corrected chi connectivity index (χ1v) is 9.13. The SMILES string of the molecule is Brc1ccc(N/N=C(/c2ccccc2)c2noc(-c3ccccc3)n2)cc1. The van der Waals surface area contributed by atoms with Crippen LogP contribution in [0.2, 0.25) is 0 Å². The Hall–Kier alpha value is -3.25. The maximum Gasteiger partial charge on any atom is 0.258 e. The van der Waals surface area contributed by atoms with E-state index >= 15 is 0 Å². The molecule has 4 rings (SSSR count). The maximum absolute atomic E-state index is 5.45. The Kier molecular flexibility index (Phi) is 5.07. The van der Waals surface area contributed by atoms with Crippen molar-refractivity contribution in [3.8, 4) is 11.5 Å².